The summed E-state index contributed by atoms with van der Waals surface area (Å²) in [5.41, 5.74) is 4.00. The van der Waals surface area contributed by atoms with E-state index in [1.165, 1.54) is 16.8 Å². The van der Waals surface area contributed by atoms with Gasteiger partial charge in [0.15, 0.2) is 0 Å². The van der Waals surface area contributed by atoms with Crippen LogP contribution in [0.4, 0.5) is 5.69 Å². The predicted molar refractivity (Wildman–Crippen MR) is 69.9 cm³/mol. The maximum absolute atomic E-state index is 9.03. The summed E-state index contributed by atoms with van der Waals surface area (Å²) in [6.45, 7) is 7.47. The molecule has 0 aliphatic heterocycles. The van der Waals surface area contributed by atoms with Gasteiger partial charge >= 0.3 is 0 Å². The van der Waals surface area contributed by atoms with Gasteiger partial charge in [-0.15, -0.1) is 0 Å². The number of nitrogens with one attached hydrogen (secondary N) is 1. The summed E-state index contributed by atoms with van der Waals surface area (Å²) in [6.07, 6.45) is 2.09. The van der Waals surface area contributed by atoms with Crippen LogP contribution in [0.3, 0.4) is 0 Å². The van der Waals surface area contributed by atoms with Gasteiger partial charge in [0.2, 0.25) is 0 Å². The van der Waals surface area contributed by atoms with Crippen LogP contribution in [0.1, 0.15) is 31.9 Å². The monoisotopic (exact) mass is 221 g/mol. The van der Waals surface area contributed by atoms with Crippen LogP contribution >= 0.6 is 0 Å². The van der Waals surface area contributed by atoms with E-state index in [4.69, 9.17) is 5.11 Å². The molecule has 0 heterocycles. The summed E-state index contributed by atoms with van der Waals surface area (Å²) >= 11 is 0. The molecule has 0 aliphatic rings. The fourth-order valence-electron chi connectivity index (χ4n) is 1.81. The zero-order chi connectivity index (χ0) is 12.0. The minimum Gasteiger partial charge on any atom is -0.396 e. The van der Waals surface area contributed by atoms with Gasteiger partial charge in [-0.05, 0) is 29.9 Å². The van der Waals surface area contributed by atoms with E-state index < -0.39 is 0 Å². The van der Waals surface area contributed by atoms with Crippen molar-refractivity contribution in [2.24, 2.45) is 5.92 Å². The molecule has 1 aromatic carbocycles. The standard InChI is InChI=1S/C14H23NO/c1-4-12-7-6-8-13(5-2)14(12)15-9-11(3)10-16/h6-8,11,15-16H,4-5,9-10H2,1-3H3. The molecular formula is C14H23NO. The molecule has 0 saturated heterocycles. The third kappa shape index (κ3) is 3.24. The number of benzene rings is 1. The lowest BCUT2D eigenvalue weighted by Crippen LogP contribution is -2.16. The SMILES string of the molecule is CCc1cccc(CC)c1NCC(C)CO. The number of hydrogen-bond donors (Lipinski definition) is 2. The molecule has 1 aromatic rings. The van der Waals surface area contributed by atoms with Crippen molar-refractivity contribution in [1.29, 1.82) is 0 Å². The molecule has 0 radical (unpaired) electrons. The van der Waals surface area contributed by atoms with Crippen LogP contribution < -0.4 is 5.32 Å². The van der Waals surface area contributed by atoms with Gasteiger partial charge < -0.3 is 10.4 Å². The van der Waals surface area contributed by atoms with Crippen molar-refractivity contribution in [3.8, 4) is 0 Å². The first kappa shape index (κ1) is 13.0. The molecule has 0 amide bonds. The number of aliphatic hydroxyl groups excluding tert-OH is 1. The van der Waals surface area contributed by atoms with Crippen molar-refractivity contribution in [3.05, 3.63) is 29.3 Å². The Morgan fingerprint density at radius 1 is 1.19 bits per heavy atom. The zero-order valence-corrected chi connectivity index (χ0v) is 10.6. The topological polar surface area (TPSA) is 32.3 Å². The highest BCUT2D eigenvalue weighted by molar-refractivity contribution is 5.57. The van der Waals surface area contributed by atoms with Gasteiger partial charge in [-0.3, -0.25) is 0 Å². The Labute approximate surface area is 98.7 Å². The Kier molecular flexibility index (Phi) is 5.33. The second-order valence-electron chi connectivity index (χ2n) is 4.33. The summed E-state index contributed by atoms with van der Waals surface area (Å²) in [5.74, 6) is 0.301. The predicted octanol–water partition coefficient (Wildman–Crippen LogP) is 2.85. The summed E-state index contributed by atoms with van der Waals surface area (Å²) in [5, 5.41) is 12.5. The van der Waals surface area contributed by atoms with Gasteiger partial charge in [-0.1, -0.05) is 39.0 Å². The highest BCUT2D eigenvalue weighted by atomic mass is 16.3. The molecule has 0 spiro atoms. The minimum atomic E-state index is 0.239. The van der Waals surface area contributed by atoms with Crippen molar-refractivity contribution in [1.82, 2.24) is 0 Å². The number of para-hydroxylation sites is 1. The van der Waals surface area contributed by atoms with Gasteiger partial charge in [0, 0.05) is 18.8 Å². The molecule has 1 unspecified atom stereocenters. The summed E-state index contributed by atoms with van der Waals surface area (Å²) in [4.78, 5) is 0. The van der Waals surface area contributed by atoms with Gasteiger partial charge in [0.25, 0.3) is 0 Å². The average molecular weight is 221 g/mol. The van der Waals surface area contributed by atoms with E-state index in [9.17, 15) is 0 Å². The molecule has 2 nitrogen and oxygen atoms in total. The highest BCUT2D eigenvalue weighted by Crippen LogP contribution is 2.22. The van der Waals surface area contributed by atoms with Gasteiger partial charge in [0.1, 0.15) is 0 Å². The number of hydrogen-bond acceptors (Lipinski definition) is 2. The van der Waals surface area contributed by atoms with E-state index >= 15 is 0 Å². The largest absolute Gasteiger partial charge is 0.396 e. The Morgan fingerprint density at radius 2 is 1.75 bits per heavy atom. The van der Waals surface area contributed by atoms with Gasteiger partial charge in [-0.2, -0.15) is 0 Å². The lowest BCUT2D eigenvalue weighted by molar-refractivity contribution is 0.244. The second-order valence-corrected chi connectivity index (χ2v) is 4.33. The number of aryl methyl sites for hydroxylation is 2. The number of rotatable bonds is 6. The maximum atomic E-state index is 9.03. The van der Waals surface area contributed by atoms with E-state index in [1.807, 2.05) is 6.92 Å². The molecule has 0 saturated carbocycles. The Hall–Kier alpha value is -1.02. The number of anilines is 1. The molecule has 0 bridgehead atoms. The summed E-state index contributed by atoms with van der Waals surface area (Å²) in [7, 11) is 0. The van der Waals surface area contributed by atoms with Crippen LogP contribution in [0.15, 0.2) is 18.2 Å². The third-order valence-electron chi connectivity index (χ3n) is 2.94. The van der Waals surface area contributed by atoms with E-state index in [1.54, 1.807) is 0 Å². The van der Waals surface area contributed by atoms with E-state index in [0.717, 1.165) is 19.4 Å². The zero-order valence-electron chi connectivity index (χ0n) is 10.6. The Morgan fingerprint density at radius 3 is 2.19 bits per heavy atom. The lowest BCUT2D eigenvalue weighted by Gasteiger charge is -2.17. The van der Waals surface area contributed by atoms with E-state index in [0.29, 0.717) is 5.92 Å². The molecule has 0 fully saturated rings. The van der Waals surface area contributed by atoms with Crippen LogP contribution in [-0.4, -0.2) is 18.3 Å². The molecule has 2 heteroatoms. The van der Waals surface area contributed by atoms with Crippen LogP contribution in [0.2, 0.25) is 0 Å². The average Bonchev–Trinajstić information content (AvgIpc) is 2.35. The Balaban J connectivity index is 2.82. The molecule has 1 rings (SSSR count). The molecule has 0 aromatic heterocycles. The van der Waals surface area contributed by atoms with Crippen LogP contribution in [0.5, 0.6) is 0 Å². The third-order valence-corrected chi connectivity index (χ3v) is 2.94. The smallest absolute Gasteiger partial charge is 0.0473 e. The first-order chi connectivity index (χ1) is 7.72. The van der Waals surface area contributed by atoms with E-state index in [-0.39, 0.29) is 6.61 Å². The minimum absolute atomic E-state index is 0.239. The van der Waals surface area contributed by atoms with Gasteiger partial charge in [0.05, 0.1) is 0 Å². The molecule has 90 valence electrons. The molecule has 16 heavy (non-hydrogen) atoms. The molecule has 1 atom stereocenters. The molecule has 0 aliphatic carbocycles. The van der Waals surface area contributed by atoms with E-state index in [2.05, 4.69) is 37.4 Å². The molecule has 2 N–H and O–H groups in total. The van der Waals surface area contributed by atoms with Crippen molar-refractivity contribution >= 4 is 5.69 Å². The quantitative estimate of drug-likeness (QED) is 0.774. The van der Waals surface area contributed by atoms with Gasteiger partial charge in [-0.25, -0.2) is 0 Å². The first-order valence-electron chi connectivity index (χ1n) is 6.18. The normalized spacial score (nSPS) is 12.5. The fourth-order valence-corrected chi connectivity index (χ4v) is 1.81. The van der Waals surface area contributed by atoms with Crippen molar-refractivity contribution in [2.45, 2.75) is 33.6 Å². The number of aliphatic hydroxyl groups is 1. The van der Waals surface area contributed by atoms with Crippen molar-refractivity contribution in [2.75, 3.05) is 18.5 Å². The first-order valence-corrected chi connectivity index (χ1v) is 6.18. The molecular weight excluding hydrogens is 198 g/mol. The van der Waals surface area contributed by atoms with Crippen LogP contribution in [-0.2, 0) is 12.8 Å². The van der Waals surface area contributed by atoms with Crippen LogP contribution in [0.25, 0.3) is 0 Å². The second kappa shape index (κ2) is 6.54. The van der Waals surface area contributed by atoms with Crippen molar-refractivity contribution in [3.63, 3.8) is 0 Å². The lowest BCUT2D eigenvalue weighted by atomic mass is 10.0. The highest BCUT2D eigenvalue weighted by Gasteiger charge is 2.07. The van der Waals surface area contributed by atoms with Crippen molar-refractivity contribution < 1.29 is 5.11 Å². The summed E-state index contributed by atoms with van der Waals surface area (Å²) in [6, 6.07) is 6.47. The maximum Gasteiger partial charge on any atom is 0.0473 e. The summed E-state index contributed by atoms with van der Waals surface area (Å²) < 4.78 is 0. The van der Waals surface area contributed by atoms with Crippen LogP contribution in [0, 0.1) is 5.92 Å². The fraction of sp³-hybridized carbons (Fsp3) is 0.571. The Bertz CT molecular complexity index is 300.